The number of benzene rings is 1. The van der Waals surface area contributed by atoms with Crippen molar-refractivity contribution >= 4 is 21.5 Å². The third kappa shape index (κ3) is 2.39. The average molecular weight is 314 g/mol. The van der Waals surface area contributed by atoms with Crippen molar-refractivity contribution in [3.8, 4) is 0 Å². The van der Waals surface area contributed by atoms with Gasteiger partial charge in [0.05, 0.1) is 29.4 Å². The summed E-state index contributed by atoms with van der Waals surface area (Å²) >= 11 is 0. The summed E-state index contributed by atoms with van der Waals surface area (Å²) in [6.07, 6.45) is 6.78. The van der Waals surface area contributed by atoms with E-state index in [0.717, 1.165) is 18.5 Å². The maximum atomic E-state index is 11.8. The molecule has 1 atom stereocenters. The molecular weight excluding hydrogens is 296 g/mol. The van der Waals surface area contributed by atoms with Gasteiger partial charge in [0.2, 0.25) is 0 Å². The van der Waals surface area contributed by atoms with Crippen molar-refractivity contribution in [3.05, 3.63) is 53.3 Å². The number of hydrogen-bond donors (Lipinski definition) is 0. The van der Waals surface area contributed by atoms with E-state index in [2.05, 4.69) is 23.3 Å². The Bertz CT molecular complexity index is 835. The van der Waals surface area contributed by atoms with Crippen LogP contribution in [-0.2, 0) is 16.3 Å². The van der Waals surface area contributed by atoms with Gasteiger partial charge in [0.15, 0.2) is 9.84 Å². The van der Waals surface area contributed by atoms with Crippen molar-refractivity contribution in [2.75, 3.05) is 11.5 Å². The Morgan fingerprint density at radius 1 is 1.18 bits per heavy atom. The van der Waals surface area contributed by atoms with Crippen LogP contribution >= 0.6 is 0 Å². The quantitative estimate of drug-likeness (QED) is 0.856. The predicted octanol–water partition coefficient (Wildman–Crippen LogP) is 2.73. The van der Waals surface area contributed by atoms with E-state index in [1.165, 1.54) is 16.7 Å². The second-order valence-electron chi connectivity index (χ2n) is 6.10. The molecule has 0 N–H and O–H groups in total. The molecule has 4 rings (SSSR count). The van der Waals surface area contributed by atoms with Gasteiger partial charge in [0, 0.05) is 0 Å². The summed E-state index contributed by atoms with van der Waals surface area (Å²) in [5.41, 5.74) is 4.83. The third-order valence-electron chi connectivity index (χ3n) is 4.53. The van der Waals surface area contributed by atoms with Gasteiger partial charge in [0.1, 0.15) is 0 Å². The Morgan fingerprint density at radius 3 is 2.73 bits per heavy atom. The van der Waals surface area contributed by atoms with Gasteiger partial charge < -0.3 is 0 Å². The molecule has 1 aliphatic heterocycles. The maximum Gasteiger partial charge on any atom is 0.152 e. The zero-order valence-electron chi connectivity index (χ0n) is 12.3. The van der Waals surface area contributed by atoms with Crippen LogP contribution in [0.4, 0.5) is 0 Å². The summed E-state index contributed by atoms with van der Waals surface area (Å²) in [5, 5.41) is 4.49. The van der Waals surface area contributed by atoms with Gasteiger partial charge in [-0.2, -0.15) is 5.10 Å². The fraction of sp³-hybridized carbons (Fsp3) is 0.353. The predicted molar refractivity (Wildman–Crippen MR) is 87.2 cm³/mol. The summed E-state index contributed by atoms with van der Waals surface area (Å²) in [6, 6.07) is 10.2. The first-order valence-corrected chi connectivity index (χ1v) is 9.47. The smallest absolute Gasteiger partial charge is 0.152 e. The van der Waals surface area contributed by atoms with Crippen LogP contribution in [0.25, 0.3) is 11.6 Å². The normalized spacial score (nSPS) is 24.7. The van der Waals surface area contributed by atoms with Crippen LogP contribution in [0.2, 0.25) is 0 Å². The Hall–Kier alpha value is -1.88. The van der Waals surface area contributed by atoms with E-state index in [-0.39, 0.29) is 17.5 Å². The molecule has 5 heteroatoms. The molecule has 1 aliphatic carbocycles. The topological polar surface area (TPSA) is 52.0 Å². The summed E-state index contributed by atoms with van der Waals surface area (Å²) in [4.78, 5) is 0. The molecule has 0 spiro atoms. The molecule has 2 aliphatic rings. The van der Waals surface area contributed by atoms with E-state index in [1.807, 2.05) is 29.1 Å². The Balaban J connectivity index is 1.73. The highest BCUT2D eigenvalue weighted by atomic mass is 32.2. The molecule has 0 unspecified atom stereocenters. The molecule has 0 radical (unpaired) electrons. The highest BCUT2D eigenvalue weighted by Crippen LogP contribution is 2.37. The summed E-state index contributed by atoms with van der Waals surface area (Å²) in [6.45, 7) is 0. The first-order chi connectivity index (χ1) is 10.6. The molecule has 1 aromatic carbocycles. The minimum absolute atomic E-state index is 0.00831. The van der Waals surface area contributed by atoms with Gasteiger partial charge in [-0.15, -0.1) is 0 Å². The zero-order valence-corrected chi connectivity index (χ0v) is 13.1. The second kappa shape index (κ2) is 5.09. The van der Waals surface area contributed by atoms with Crippen LogP contribution in [0.1, 0.15) is 35.7 Å². The van der Waals surface area contributed by atoms with E-state index in [1.54, 1.807) is 0 Å². The summed E-state index contributed by atoms with van der Waals surface area (Å²) in [5.74, 6) is 0.504. The number of nitrogens with zero attached hydrogens (tertiary/aromatic N) is 2. The molecule has 0 saturated carbocycles. The monoisotopic (exact) mass is 314 g/mol. The highest BCUT2D eigenvalue weighted by molar-refractivity contribution is 7.91. The Kier molecular flexibility index (Phi) is 3.18. The van der Waals surface area contributed by atoms with Crippen LogP contribution < -0.4 is 0 Å². The van der Waals surface area contributed by atoms with E-state index in [4.69, 9.17) is 0 Å². The van der Waals surface area contributed by atoms with Crippen LogP contribution in [0, 0.1) is 0 Å². The van der Waals surface area contributed by atoms with Gasteiger partial charge in [-0.25, -0.2) is 8.42 Å². The molecule has 2 heterocycles. The fourth-order valence-corrected chi connectivity index (χ4v) is 5.15. The Labute approximate surface area is 130 Å². The molecule has 114 valence electrons. The molecule has 4 nitrogen and oxygen atoms in total. The lowest BCUT2D eigenvalue weighted by atomic mass is 10.1. The van der Waals surface area contributed by atoms with Crippen molar-refractivity contribution in [2.24, 2.45) is 0 Å². The highest BCUT2D eigenvalue weighted by Gasteiger charge is 2.33. The molecule has 1 aromatic heterocycles. The maximum absolute atomic E-state index is 11.8. The van der Waals surface area contributed by atoms with Crippen LogP contribution in [0.5, 0.6) is 0 Å². The average Bonchev–Trinajstić information content (AvgIpc) is 3.16. The number of allylic oxidation sites excluding steroid dienone is 1. The summed E-state index contributed by atoms with van der Waals surface area (Å²) in [7, 11) is -2.90. The van der Waals surface area contributed by atoms with Crippen LogP contribution in [-0.4, -0.2) is 29.7 Å². The number of fused-ring (bicyclic) bond motifs is 1. The van der Waals surface area contributed by atoms with E-state index in [9.17, 15) is 8.42 Å². The SMILES string of the molecule is O=S1(=O)CC[C@@H](n2ncc3c2/C(=C/c2ccccc2)CC3)C1. The molecule has 1 fully saturated rings. The van der Waals surface area contributed by atoms with Gasteiger partial charge >= 0.3 is 0 Å². The molecule has 0 amide bonds. The van der Waals surface area contributed by atoms with E-state index in [0.29, 0.717) is 6.42 Å². The minimum Gasteiger partial charge on any atom is -0.261 e. The van der Waals surface area contributed by atoms with Gasteiger partial charge in [-0.1, -0.05) is 30.3 Å². The van der Waals surface area contributed by atoms with Crippen LogP contribution in [0.3, 0.4) is 0 Å². The lowest BCUT2D eigenvalue weighted by Gasteiger charge is -2.13. The van der Waals surface area contributed by atoms with Crippen molar-refractivity contribution in [3.63, 3.8) is 0 Å². The van der Waals surface area contributed by atoms with Crippen LogP contribution in [0.15, 0.2) is 36.5 Å². The van der Waals surface area contributed by atoms with Crippen molar-refractivity contribution in [1.82, 2.24) is 9.78 Å². The fourth-order valence-electron chi connectivity index (χ4n) is 3.46. The van der Waals surface area contributed by atoms with E-state index >= 15 is 0 Å². The number of aryl methyl sites for hydroxylation is 1. The van der Waals surface area contributed by atoms with Gasteiger partial charge in [0.25, 0.3) is 0 Å². The first-order valence-electron chi connectivity index (χ1n) is 7.65. The molecule has 1 saturated heterocycles. The molecule has 22 heavy (non-hydrogen) atoms. The van der Waals surface area contributed by atoms with Gasteiger partial charge in [-0.05, 0) is 42.0 Å². The van der Waals surface area contributed by atoms with Crippen molar-refractivity contribution < 1.29 is 8.42 Å². The largest absolute Gasteiger partial charge is 0.261 e. The molecule has 0 bridgehead atoms. The lowest BCUT2D eigenvalue weighted by Crippen LogP contribution is -2.14. The third-order valence-corrected chi connectivity index (χ3v) is 6.28. The number of rotatable bonds is 2. The number of aromatic nitrogens is 2. The molecule has 2 aromatic rings. The second-order valence-corrected chi connectivity index (χ2v) is 8.33. The standard InChI is InChI=1S/C17H18N2O2S/c20-22(21)9-8-16(12-22)19-17-14(6-7-15(17)11-18-19)10-13-4-2-1-3-5-13/h1-5,10-11,16H,6-9,12H2/b14-10+/t16-/m1/s1. The number of sulfone groups is 1. The van der Waals surface area contributed by atoms with Gasteiger partial charge in [-0.3, -0.25) is 4.68 Å². The molecular formula is C17H18N2O2S. The Morgan fingerprint density at radius 2 is 2.00 bits per heavy atom. The van der Waals surface area contributed by atoms with Crippen molar-refractivity contribution in [2.45, 2.75) is 25.3 Å². The van der Waals surface area contributed by atoms with E-state index < -0.39 is 9.84 Å². The van der Waals surface area contributed by atoms with Crippen molar-refractivity contribution in [1.29, 1.82) is 0 Å². The lowest BCUT2D eigenvalue weighted by molar-refractivity contribution is 0.495. The summed E-state index contributed by atoms with van der Waals surface area (Å²) < 4.78 is 25.5. The minimum atomic E-state index is -2.90. The number of hydrogen-bond acceptors (Lipinski definition) is 3. The first kappa shape index (κ1) is 13.8. The zero-order chi connectivity index (χ0) is 15.2.